The molecule has 0 bridgehead atoms. The van der Waals surface area contributed by atoms with Crippen LogP contribution >= 0.6 is 8.09 Å². The van der Waals surface area contributed by atoms with Gasteiger partial charge in [0.05, 0.1) is 6.61 Å². The van der Waals surface area contributed by atoms with Crippen molar-refractivity contribution in [3.8, 4) is 0 Å². The molecular weight excluding hydrogens is 431 g/mol. The average Bonchev–Trinajstić information content (AvgIpc) is 2.91. The summed E-state index contributed by atoms with van der Waals surface area (Å²) in [5, 5.41) is 13.9. The Balaban J connectivity index is 1.80. The highest BCUT2D eigenvalue weighted by Gasteiger charge is 2.65. The summed E-state index contributed by atoms with van der Waals surface area (Å²) < 4.78 is 23.3. The van der Waals surface area contributed by atoms with E-state index < -0.39 is 49.8 Å². The number of rotatable bonds is 7. The first-order valence-corrected chi connectivity index (χ1v) is 11.7. The van der Waals surface area contributed by atoms with E-state index in [1.165, 1.54) is 19.2 Å². The fourth-order valence-electron chi connectivity index (χ4n) is 3.68. The lowest BCUT2D eigenvalue weighted by atomic mass is 9.96. The fourth-order valence-corrected chi connectivity index (χ4v) is 5.49. The molecule has 6 atom stereocenters. The molecule has 0 spiro atoms. The molecule has 174 valence electrons. The first-order chi connectivity index (χ1) is 14.5. The number of nitrogens with zero attached hydrogens (tertiary/aromatic N) is 2. The van der Waals surface area contributed by atoms with Crippen LogP contribution in [-0.2, 0) is 23.3 Å². The average molecular weight is 461 g/mol. The van der Waals surface area contributed by atoms with Crippen LogP contribution in [0.1, 0.15) is 40.3 Å². The number of hydrogen-bond donors (Lipinski definition) is 4. The summed E-state index contributed by atoms with van der Waals surface area (Å²) >= 11 is 0. The van der Waals surface area contributed by atoms with Crippen molar-refractivity contribution in [2.45, 2.75) is 64.2 Å². The first-order valence-electron chi connectivity index (χ1n) is 10.1. The van der Waals surface area contributed by atoms with Crippen LogP contribution in [0.5, 0.6) is 0 Å². The summed E-state index contributed by atoms with van der Waals surface area (Å²) in [6.45, 7) is 7.03. The second kappa shape index (κ2) is 9.07. The molecule has 31 heavy (non-hydrogen) atoms. The molecule has 2 fully saturated rings. The number of aliphatic hydroxyl groups is 1. The number of nitrogen functional groups attached to an aromatic ring is 1. The van der Waals surface area contributed by atoms with Gasteiger partial charge in [0, 0.05) is 6.20 Å². The minimum absolute atomic E-state index is 0.0375. The van der Waals surface area contributed by atoms with Crippen molar-refractivity contribution >= 4 is 19.9 Å². The molecule has 0 radical (unpaired) electrons. The number of nitrogens with two attached hydrogens (primary N) is 1. The predicted molar refractivity (Wildman–Crippen MR) is 110 cm³/mol. The van der Waals surface area contributed by atoms with Crippen molar-refractivity contribution in [1.82, 2.24) is 14.6 Å². The molecule has 2 saturated heterocycles. The number of carbonyl (C=O) groups is 1. The Hall–Kier alpha value is -1.66. The predicted octanol–water partition coefficient (Wildman–Crippen LogP) is 0.127. The van der Waals surface area contributed by atoms with Crippen molar-refractivity contribution in [1.29, 1.82) is 0 Å². The van der Waals surface area contributed by atoms with Gasteiger partial charge in [-0.05, 0) is 32.3 Å². The largest absolute Gasteiger partial charge is 0.500 e. The number of carbonyl (C=O) groups excluding carboxylic acids is 1. The van der Waals surface area contributed by atoms with Gasteiger partial charge >= 0.3 is 19.8 Å². The van der Waals surface area contributed by atoms with Crippen molar-refractivity contribution in [3.05, 3.63) is 22.7 Å². The second-order valence-corrected chi connectivity index (χ2v) is 9.97. The Kier molecular flexibility index (Phi) is 7.02. The second-order valence-electron chi connectivity index (χ2n) is 8.20. The van der Waals surface area contributed by atoms with Crippen LogP contribution in [0.25, 0.3) is 0 Å². The molecule has 1 aromatic rings. The van der Waals surface area contributed by atoms with Gasteiger partial charge in [-0.25, -0.2) is 4.79 Å². The summed E-state index contributed by atoms with van der Waals surface area (Å²) in [6, 6.07) is 0.544. The van der Waals surface area contributed by atoms with Crippen LogP contribution in [0.4, 0.5) is 5.82 Å². The van der Waals surface area contributed by atoms with Crippen LogP contribution in [0.2, 0.25) is 0 Å². The highest BCUT2D eigenvalue weighted by Crippen LogP contribution is 2.61. The third-order valence-electron chi connectivity index (χ3n) is 5.09. The van der Waals surface area contributed by atoms with E-state index in [4.69, 9.17) is 24.3 Å². The standard InChI is InChI=1S/C18H29N4O8P/c1-5-27-15(23)11(8-10(2)3)21-31(26)28-9-12-14(30-31)18(4,25)16(29-12)22-7-6-13(19)20-17(22)24/h6-7,10-12,14,16,21,25-26H,5,8-9H2,1-4H3,(H-,19,20,24)/p+1/t11-,12+,14+,16+,18+,31?/m1/s1. The summed E-state index contributed by atoms with van der Waals surface area (Å²) in [7, 11) is -3.75. The molecular formula is C18H30N4O8P+. The van der Waals surface area contributed by atoms with E-state index in [1.807, 2.05) is 13.8 Å². The van der Waals surface area contributed by atoms with Crippen molar-refractivity contribution < 1.29 is 33.3 Å². The number of aromatic nitrogens is 2. The number of nitrogens with one attached hydrogen (secondary N) is 1. The number of fused-ring (bicyclic) bond motifs is 1. The van der Waals surface area contributed by atoms with Crippen molar-refractivity contribution in [3.63, 3.8) is 0 Å². The van der Waals surface area contributed by atoms with E-state index in [9.17, 15) is 19.6 Å². The van der Waals surface area contributed by atoms with Gasteiger partial charge in [-0.1, -0.05) is 13.8 Å². The van der Waals surface area contributed by atoms with Gasteiger partial charge in [0.25, 0.3) is 0 Å². The Morgan fingerprint density at radius 1 is 1.55 bits per heavy atom. The van der Waals surface area contributed by atoms with Gasteiger partial charge in [0.1, 0.15) is 30.2 Å². The topological polar surface area (TPSA) is 167 Å². The third kappa shape index (κ3) is 5.06. The van der Waals surface area contributed by atoms with Gasteiger partial charge in [-0.2, -0.15) is 18.9 Å². The van der Waals surface area contributed by atoms with E-state index >= 15 is 0 Å². The quantitative estimate of drug-likeness (QED) is 0.322. The smallest absolute Gasteiger partial charge is 0.465 e. The van der Waals surface area contributed by atoms with E-state index in [0.29, 0.717) is 6.42 Å². The van der Waals surface area contributed by atoms with Gasteiger partial charge < -0.3 is 20.3 Å². The number of hydrogen-bond acceptors (Lipinski definition) is 11. The molecule has 1 aromatic heterocycles. The van der Waals surface area contributed by atoms with Crippen molar-refractivity contribution in [2.24, 2.45) is 5.92 Å². The lowest BCUT2D eigenvalue weighted by Crippen LogP contribution is -2.52. The van der Waals surface area contributed by atoms with Crippen LogP contribution in [0.15, 0.2) is 17.1 Å². The Labute approximate surface area is 180 Å². The molecule has 2 aliphatic heterocycles. The Bertz CT molecular complexity index is 865. The zero-order valence-electron chi connectivity index (χ0n) is 17.9. The molecule has 0 saturated carbocycles. The highest BCUT2D eigenvalue weighted by atomic mass is 31.2. The van der Waals surface area contributed by atoms with Crippen molar-refractivity contribution in [2.75, 3.05) is 18.9 Å². The third-order valence-corrected chi connectivity index (χ3v) is 6.74. The molecule has 3 heterocycles. The Morgan fingerprint density at radius 3 is 2.87 bits per heavy atom. The summed E-state index contributed by atoms with van der Waals surface area (Å²) in [5.41, 5.74) is 3.11. The molecule has 2 aliphatic rings. The van der Waals surface area contributed by atoms with Crippen LogP contribution in [0, 0.1) is 5.92 Å². The summed E-state index contributed by atoms with van der Waals surface area (Å²) in [5.74, 6) is -0.375. The molecule has 13 heteroatoms. The molecule has 12 nitrogen and oxygen atoms in total. The van der Waals surface area contributed by atoms with E-state index in [2.05, 4.69) is 10.1 Å². The fraction of sp³-hybridized carbons (Fsp3) is 0.722. The number of anilines is 1. The maximum absolute atomic E-state index is 12.3. The van der Waals surface area contributed by atoms with E-state index in [0.717, 1.165) is 4.57 Å². The van der Waals surface area contributed by atoms with E-state index in [-0.39, 0.29) is 24.9 Å². The molecule has 0 aromatic carbocycles. The highest BCUT2D eigenvalue weighted by molar-refractivity contribution is 7.58. The minimum atomic E-state index is -3.75. The van der Waals surface area contributed by atoms with Crippen LogP contribution in [-0.4, -0.2) is 62.6 Å². The van der Waals surface area contributed by atoms with E-state index in [1.54, 1.807) is 6.92 Å². The normalized spacial score (nSPS) is 33.8. The van der Waals surface area contributed by atoms with Gasteiger partial charge in [-0.3, -0.25) is 9.36 Å². The maximum atomic E-state index is 12.3. The van der Waals surface area contributed by atoms with Gasteiger partial charge in [-0.15, -0.1) is 5.09 Å². The maximum Gasteiger partial charge on any atom is 0.500 e. The zero-order valence-corrected chi connectivity index (χ0v) is 18.8. The molecule has 0 amide bonds. The lowest BCUT2D eigenvalue weighted by molar-refractivity contribution is -0.146. The Morgan fingerprint density at radius 2 is 2.26 bits per heavy atom. The number of esters is 1. The molecule has 0 aliphatic carbocycles. The zero-order chi connectivity index (χ0) is 23.0. The monoisotopic (exact) mass is 461 g/mol. The number of ether oxygens (including phenoxy) is 2. The first kappa shape index (κ1) is 24.0. The van der Waals surface area contributed by atoms with Gasteiger partial charge in [0.2, 0.25) is 0 Å². The molecule has 5 N–H and O–H groups in total. The van der Waals surface area contributed by atoms with Gasteiger partial charge in [0.15, 0.2) is 12.3 Å². The summed E-state index contributed by atoms with van der Waals surface area (Å²) in [4.78, 5) is 39.2. The van der Waals surface area contributed by atoms with Crippen LogP contribution < -0.4 is 16.5 Å². The van der Waals surface area contributed by atoms with Crippen LogP contribution in [0.3, 0.4) is 0 Å². The molecule has 3 rings (SSSR count). The minimum Gasteiger partial charge on any atom is -0.465 e. The SMILES string of the molecule is CCOC(=O)[C@@H](CC(C)C)N[P+]1(O)OC[C@@H]2O[C@H](n3ccc(N)nc3=O)[C@@](C)(O)[C@H]2O1. The lowest BCUT2D eigenvalue weighted by Gasteiger charge is -2.34. The summed E-state index contributed by atoms with van der Waals surface area (Å²) in [6.07, 6.45) is -1.21. The molecule has 1 unspecified atom stereocenters.